The minimum Gasteiger partial charge on any atom is -0.477 e. The van der Waals surface area contributed by atoms with Gasteiger partial charge in [0.2, 0.25) is 5.88 Å². The van der Waals surface area contributed by atoms with Crippen LogP contribution in [0.25, 0.3) is 0 Å². The van der Waals surface area contributed by atoms with Gasteiger partial charge in [0, 0.05) is 30.7 Å². The molecule has 96 valence electrons. The lowest BCUT2D eigenvalue weighted by atomic mass is 10.2. The molecule has 2 aromatic heterocycles. The maximum atomic E-state index is 5.60. The van der Waals surface area contributed by atoms with Gasteiger partial charge in [-0.05, 0) is 12.5 Å². The smallest absolute Gasteiger partial charge is 0.217 e. The van der Waals surface area contributed by atoms with Gasteiger partial charge in [0.1, 0.15) is 5.82 Å². The van der Waals surface area contributed by atoms with Crippen LogP contribution in [0.5, 0.6) is 5.88 Å². The summed E-state index contributed by atoms with van der Waals surface area (Å²) < 4.78 is 5.60. The summed E-state index contributed by atoms with van der Waals surface area (Å²) in [5, 5.41) is 3.31. The third kappa shape index (κ3) is 3.56. The molecular weight excluding hydrogens is 228 g/mol. The average Bonchev–Trinajstić information content (AvgIpc) is 2.91. The highest BCUT2D eigenvalue weighted by molar-refractivity contribution is 5.25. The second-order valence-corrected chi connectivity index (χ2v) is 3.96. The quantitative estimate of drug-likeness (QED) is 0.783. The summed E-state index contributed by atoms with van der Waals surface area (Å²) in [6.45, 7) is 4.20. The molecule has 0 atom stereocenters. The minimum atomic E-state index is 0.697. The van der Waals surface area contributed by atoms with Crippen molar-refractivity contribution in [3.05, 3.63) is 42.1 Å². The van der Waals surface area contributed by atoms with Crippen molar-refractivity contribution in [2.45, 2.75) is 26.4 Å². The topological polar surface area (TPSA) is 62.8 Å². The maximum Gasteiger partial charge on any atom is 0.217 e. The predicted molar refractivity (Wildman–Crippen MR) is 69.2 cm³/mol. The van der Waals surface area contributed by atoms with Gasteiger partial charge in [-0.15, -0.1) is 0 Å². The molecule has 2 aromatic rings. The van der Waals surface area contributed by atoms with Gasteiger partial charge in [-0.3, -0.25) is 0 Å². The van der Waals surface area contributed by atoms with Crippen LogP contribution >= 0.6 is 0 Å². The van der Waals surface area contributed by atoms with E-state index in [1.54, 1.807) is 12.4 Å². The van der Waals surface area contributed by atoms with Gasteiger partial charge in [-0.1, -0.05) is 13.0 Å². The van der Waals surface area contributed by atoms with Crippen LogP contribution in [0.1, 0.15) is 24.7 Å². The highest BCUT2D eigenvalue weighted by Crippen LogP contribution is 2.14. The van der Waals surface area contributed by atoms with Crippen molar-refractivity contribution >= 4 is 0 Å². The van der Waals surface area contributed by atoms with Crippen molar-refractivity contribution in [3.8, 4) is 5.88 Å². The number of aromatic nitrogens is 3. The Morgan fingerprint density at radius 1 is 1.28 bits per heavy atom. The third-order valence-corrected chi connectivity index (χ3v) is 2.46. The van der Waals surface area contributed by atoms with Gasteiger partial charge >= 0.3 is 0 Å². The van der Waals surface area contributed by atoms with E-state index in [0.717, 1.165) is 17.8 Å². The van der Waals surface area contributed by atoms with E-state index in [-0.39, 0.29) is 0 Å². The van der Waals surface area contributed by atoms with Gasteiger partial charge in [-0.25, -0.2) is 9.97 Å². The first-order chi connectivity index (χ1) is 8.90. The van der Waals surface area contributed by atoms with Crippen LogP contribution in [0.3, 0.4) is 0 Å². The molecule has 0 saturated heterocycles. The van der Waals surface area contributed by atoms with Crippen molar-refractivity contribution in [2.75, 3.05) is 6.61 Å². The van der Waals surface area contributed by atoms with Crippen molar-refractivity contribution in [1.29, 1.82) is 0 Å². The van der Waals surface area contributed by atoms with Gasteiger partial charge in [0.15, 0.2) is 0 Å². The lowest BCUT2D eigenvalue weighted by Crippen LogP contribution is -2.15. The Balaban J connectivity index is 1.87. The number of hydrogen-bond donors (Lipinski definition) is 2. The van der Waals surface area contributed by atoms with Crippen LogP contribution in [0.4, 0.5) is 0 Å². The molecule has 0 bridgehead atoms. The molecule has 0 unspecified atom stereocenters. The first kappa shape index (κ1) is 12.6. The number of H-pyrrole nitrogens is 1. The molecule has 0 fully saturated rings. The van der Waals surface area contributed by atoms with E-state index in [1.165, 1.54) is 0 Å². The fourth-order valence-corrected chi connectivity index (χ4v) is 1.60. The number of nitrogens with one attached hydrogen (secondary N) is 2. The van der Waals surface area contributed by atoms with Crippen molar-refractivity contribution in [2.24, 2.45) is 0 Å². The molecule has 5 nitrogen and oxygen atoms in total. The molecule has 0 aromatic carbocycles. The summed E-state index contributed by atoms with van der Waals surface area (Å²) in [5.41, 5.74) is 1.07. The van der Waals surface area contributed by atoms with Crippen LogP contribution in [-0.2, 0) is 13.1 Å². The fraction of sp³-hybridized carbons (Fsp3) is 0.385. The largest absolute Gasteiger partial charge is 0.477 e. The number of hydrogen-bond acceptors (Lipinski definition) is 4. The Labute approximate surface area is 107 Å². The zero-order chi connectivity index (χ0) is 12.6. The van der Waals surface area contributed by atoms with Crippen molar-refractivity contribution in [1.82, 2.24) is 20.3 Å². The van der Waals surface area contributed by atoms with Crippen molar-refractivity contribution in [3.63, 3.8) is 0 Å². The number of ether oxygens (including phenoxy) is 1. The zero-order valence-corrected chi connectivity index (χ0v) is 10.5. The Kier molecular flexibility index (Phi) is 4.72. The maximum absolute atomic E-state index is 5.60. The fourth-order valence-electron chi connectivity index (χ4n) is 1.60. The molecular formula is C13H18N4O. The van der Waals surface area contributed by atoms with Gasteiger partial charge < -0.3 is 15.0 Å². The van der Waals surface area contributed by atoms with E-state index in [9.17, 15) is 0 Å². The SMILES string of the molecule is CCCOc1ncccc1CNCc1ncc[nH]1. The minimum absolute atomic E-state index is 0.697. The monoisotopic (exact) mass is 246 g/mol. The molecule has 0 radical (unpaired) electrons. The summed E-state index contributed by atoms with van der Waals surface area (Å²) in [4.78, 5) is 11.5. The summed E-state index contributed by atoms with van der Waals surface area (Å²) >= 11 is 0. The molecule has 0 saturated carbocycles. The molecule has 0 spiro atoms. The van der Waals surface area contributed by atoms with Crippen LogP contribution in [-0.4, -0.2) is 21.6 Å². The molecule has 0 amide bonds. The summed E-state index contributed by atoms with van der Waals surface area (Å²) in [6, 6.07) is 3.94. The number of pyridine rings is 1. The second-order valence-electron chi connectivity index (χ2n) is 3.96. The lowest BCUT2D eigenvalue weighted by molar-refractivity contribution is 0.301. The molecule has 5 heteroatoms. The van der Waals surface area contributed by atoms with E-state index in [2.05, 4.69) is 27.2 Å². The molecule has 0 aliphatic heterocycles. The number of rotatable bonds is 7. The summed E-state index contributed by atoms with van der Waals surface area (Å²) in [6.07, 6.45) is 6.30. The first-order valence-corrected chi connectivity index (χ1v) is 6.16. The molecule has 2 rings (SSSR count). The second kappa shape index (κ2) is 6.76. The average molecular weight is 246 g/mol. The Bertz CT molecular complexity index is 456. The van der Waals surface area contributed by atoms with Crippen molar-refractivity contribution < 1.29 is 4.74 Å². The van der Waals surface area contributed by atoms with E-state index in [0.29, 0.717) is 25.6 Å². The predicted octanol–water partition coefficient (Wildman–Crippen LogP) is 1.88. The van der Waals surface area contributed by atoms with Gasteiger partial charge in [-0.2, -0.15) is 0 Å². The molecule has 2 N–H and O–H groups in total. The Morgan fingerprint density at radius 3 is 3.00 bits per heavy atom. The molecule has 18 heavy (non-hydrogen) atoms. The van der Waals surface area contributed by atoms with Crippen LogP contribution in [0.15, 0.2) is 30.7 Å². The standard InChI is InChI=1S/C13H18N4O/c1-2-8-18-13-11(4-3-5-17-13)9-14-10-12-15-6-7-16-12/h3-7,14H,2,8-10H2,1H3,(H,15,16). The molecule has 0 aliphatic carbocycles. The van der Waals surface area contributed by atoms with E-state index < -0.39 is 0 Å². The third-order valence-electron chi connectivity index (χ3n) is 2.46. The summed E-state index contributed by atoms with van der Waals surface area (Å²) in [5.74, 6) is 1.64. The van der Waals surface area contributed by atoms with Crippen LogP contribution in [0, 0.1) is 0 Å². The Morgan fingerprint density at radius 2 is 2.22 bits per heavy atom. The first-order valence-electron chi connectivity index (χ1n) is 6.16. The van der Waals surface area contributed by atoms with E-state index in [1.807, 2.05) is 18.3 Å². The highest BCUT2D eigenvalue weighted by Gasteiger charge is 2.04. The van der Waals surface area contributed by atoms with E-state index in [4.69, 9.17) is 4.74 Å². The number of nitrogens with zero attached hydrogens (tertiary/aromatic N) is 2. The highest BCUT2D eigenvalue weighted by atomic mass is 16.5. The van der Waals surface area contributed by atoms with Gasteiger partial charge in [0.25, 0.3) is 0 Å². The summed E-state index contributed by atoms with van der Waals surface area (Å²) in [7, 11) is 0. The normalized spacial score (nSPS) is 10.5. The number of aromatic amines is 1. The van der Waals surface area contributed by atoms with E-state index >= 15 is 0 Å². The Hall–Kier alpha value is -1.88. The molecule has 2 heterocycles. The van der Waals surface area contributed by atoms with Crippen LogP contribution in [0.2, 0.25) is 0 Å². The number of imidazole rings is 1. The molecule has 0 aliphatic rings. The van der Waals surface area contributed by atoms with Gasteiger partial charge in [0.05, 0.1) is 13.2 Å². The van der Waals surface area contributed by atoms with Crippen LogP contribution < -0.4 is 10.1 Å². The zero-order valence-electron chi connectivity index (χ0n) is 10.5. The lowest BCUT2D eigenvalue weighted by Gasteiger charge is -2.09.